The minimum atomic E-state index is 0. The van der Waals surface area contributed by atoms with Crippen molar-refractivity contribution in [2.45, 2.75) is 52.0 Å². The quantitative estimate of drug-likeness (QED) is 0.281. The zero-order chi connectivity index (χ0) is 22.1. The van der Waals surface area contributed by atoms with E-state index >= 15 is 0 Å². The maximum absolute atomic E-state index is 6.00. The molecule has 2 aromatic carbocycles. The van der Waals surface area contributed by atoms with Crippen LogP contribution in [0, 0.1) is 6.92 Å². The lowest BCUT2D eigenvalue weighted by molar-refractivity contribution is -0.0390. The van der Waals surface area contributed by atoms with Gasteiger partial charge in [0, 0.05) is 32.4 Å². The first-order chi connectivity index (χ1) is 15.1. The normalized spacial score (nSPS) is 15.6. The fourth-order valence-electron chi connectivity index (χ4n) is 3.67. The fraction of sp³-hybridized carbons (Fsp3) is 0.480. The maximum atomic E-state index is 6.00. The third kappa shape index (κ3) is 7.94. The fourth-order valence-corrected chi connectivity index (χ4v) is 3.67. The maximum Gasteiger partial charge on any atom is 0.191 e. The van der Waals surface area contributed by atoms with Crippen molar-refractivity contribution in [3.63, 3.8) is 0 Å². The third-order valence-electron chi connectivity index (χ3n) is 5.57. The van der Waals surface area contributed by atoms with Crippen LogP contribution in [0.4, 0.5) is 0 Å². The van der Waals surface area contributed by atoms with Crippen molar-refractivity contribution in [1.29, 1.82) is 0 Å². The van der Waals surface area contributed by atoms with Crippen LogP contribution in [0.25, 0.3) is 0 Å². The van der Waals surface area contributed by atoms with Crippen LogP contribution >= 0.6 is 24.0 Å². The number of halogens is 1. The smallest absolute Gasteiger partial charge is 0.191 e. The highest BCUT2D eigenvalue weighted by molar-refractivity contribution is 14.0. The van der Waals surface area contributed by atoms with Crippen LogP contribution in [-0.2, 0) is 22.6 Å². The molecular weight excluding hydrogens is 517 g/mol. The van der Waals surface area contributed by atoms with Crippen molar-refractivity contribution in [1.82, 2.24) is 10.6 Å². The highest BCUT2D eigenvalue weighted by Crippen LogP contribution is 2.26. The Bertz CT molecular complexity index is 852. The molecule has 1 aliphatic heterocycles. The van der Waals surface area contributed by atoms with Gasteiger partial charge in [0.25, 0.3) is 0 Å². The van der Waals surface area contributed by atoms with Crippen LogP contribution in [0.2, 0.25) is 0 Å². The number of aliphatic imine (C=N–C) groups is 1. The van der Waals surface area contributed by atoms with E-state index in [1.165, 1.54) is 16.7 Å². The molecular formula is C25H36IN3O3. The molecule has 7 heteroatoms. The second-order valence-corrected chi connectivity index (χ2v) is 7.98. The van der Waals surface area contributed by atoms with Crippen LogP contribution in [0.1, 0.15) is 48.1 Å². The van der Waals surface area contributed by atoms with Gasteiger partial charge in [-0.15, -0.1) is 24.0 Å². The van der Waals surface area contributed by atoms with E-state index < -0.39 is 0 Å². The van der Waals surface area contributed by atoms with Gasteiger partial charge in [0.1, 0.15) is 5.75 Å². The summed E-state index contributed by atoms with van der Waals surface area (Å²) in [6, 6.07) is 14.8. The summed E-state index contributed by atoms with van der Waals surface area (Å²) < 4.78 is 16.9. The highest BCUT2D eigenvalue weighted by atomic mass is 127. The summed E-state index contributed by atoms with van der Waals surface area (Å²) in [7, 11) is 3.48. The van der Waals surface area contributed by atoms with Crippen LogP contribution < -0.4 is 15.4 Å². The molecule has 3 rings (SSSR count). The zero-order valence-corrected chi connectivity index (χ0v) is 21.8. The lowest BCUT2D eigenvalue weighted by Gasteiger charge is -2.22. The average molecular weight is 553 g/mol. The molecule has 0 aliphatic carbocycles. The number of benzene rings is 2. The largest absolute Gasteiger partial charge is 0.496 e. The van der Waals surface area contributed by atoms with Gasteiger partial charge in [-0.3, -0.25) is 4.99 Å². The molecule has 0 radical (unpaired) electrons. The van der Waals surface area contributed by atoms with Crippen LogP contribution in [0.3, 0.4) is 0 Å². The lowest BCUT2D eigenvalue weighted by Crippen LogP contribution is -2.38. The Morgan fingerprint density at radius 2 is 1.81 bits per heavy atom. The molecule has 0 saturated carbocycles. The Kier molecular flexibility index (Phi) is 11.3. The van der Waals surface area contributed by atoms with E-state index in [0.29, 0.717) is 19.3 Å². The number of hydrogen-bond acceptors (Lipinski definition) is 4. The standard InChI is InChI=1S/C25H35N3O3.HI/c1-18-5-10-24(29-4)23(15-18)19(2)28-25(26-3)27-16-20-6-8-21(9-7-20)17-31-22-11-13-30-14-12-22;/h5-10,15,19,22H,11-14,16-17H2,1-4H3,(H2,26,27,28);1H. The van der Waals surface area contributed by atoms with E-state index in [0.717, 1.165) is 43.3 Å². The molecule has 6 nitrogen and oxygen atoms in total. The molecule has 1 heterocycles. The van der Waals surface area contributed by atoms with Crippen molar-refractivity contribution >= 4 is 29.9 Å². The van der Waals surface area contributed by atoms with Gasteiger partial charge in [-0.25, -0.2) is 0 Å². The molecule has 32 heavy (non-hydrogen) atoms. The van der Waals surface area contributed by atoms with Crippen LogP contribution in [0.15, 0.2) is 47.5 Å². The van der Waals surface area contributed by atoms with Gasteiger partial charge in [-0.1, -0.05) is 42.0 Å². The molecule has 0 bridgehead atoms. The van der Waals surface area contributed by atoms with E-state index in [9.17, 15) is 0 Å². The summed E-state index contributed by atoms with van der Waals surface area (Å²) in [6.07, 6.45) is 2.29. The van der Waals surface area contributed by atoms with Gasteiger partial charge in [-0.2, -0.15) is 0 Å². The number of ether oxygens (including phenoxy) is 3. The Morgan fingerprint density at radius 3 is 2.47 bits per heavy atom. The minimum Gasteiger partial charge on any atom is -0.496 e. The van der Waals surface area contributed by atoms with Gasteiger partial charge < -0.3 is 24.8 Å². The molecule has 0 aromatic heterocycles. The van der Waals surface area contributed by atoms with E-state index in [4.69, 9.17) is 14.2 Å². The lowest BCUT2D eigenvalue weighted by atomic mass is 10.0. The van der Waals surface area contributed by atoms with E-state index in [1.54, 1.807) is 14.2 Å². The zero-order valence-electron chi connectivity index (χ0n) is 19.5. The van der Waals surface area contributed by atoms with Crippen LogP contribution in [0.5, 0.6) is 5.75 Å². The van der Waals surface area contributed by atoms with E-state index in [2.05, 4.69) is 65.9 Å². The molecule has 1 atom stereocenters. The SMILES string of the molecule is CN=C(NCc1ccc(COC2CCOCC2)cc1)NC(C)c1cc(C)ccc1OC.I. The van der Waals surface area contributed by atoms with Crippen molar-refractivity contribution in [3.8, 4) is 5.75 Å². The van der Waals surface area contributed by atoms with Crippen molar-refractivity contribution < 1.29 is 14.2 Å². The summed E-state index contributed by atoms with van der Waals surface area (Å²) in [5.41, 5.74) is 4.70. The summed E-state index contributed by atoms with van der Waals surface area (Å²) >= 11 is 0. The highest BCUT2D eigenvalue weighted by Gasteiger charge is 2.15. The van der Waals surface area contributed by atoms with Crippen molar-refractivity contribution in [2.24, 2.45) is 4.99 Å². The second kappa shape index (κ2) is 13.6. The number of guanidine groups is 1. The Labute approximate surface area is 209 Å². The monoisotopic (exact) mass is 553 g/mol. The van der Waals surface area contributed by atoms with Gasteiger partial charge in [0.05, 0.1) is 25.9 Å². The van der Waals surface area contributed by atoms with Gasteiger partial charge in [0.2, 0.25) is 0 Å². The predicted octanol–water partition coefficient (Wildman–Crippen LogP) is 4.74. The molecule has 176 valence electrons. The topological polar surface area (TPSA) is 64.1 Å². The molecule has 1 aliphatic rings. The first kappa shape index (κ1) is 26.4. The van der Waals surface area contributed by atoms with E-state index in [1.807, 2.05) is 6.07 Å². The predicted molar refractivity (Wildman–Crippen MR) is 140 cm³/mol. The summed E-state index contributed by atoms with van der Waals surface area (Å²) in [5, 5.41) is 6.85. The van der Waals surface area contributed by atoms with Crippen molar-refractivity contribution in [2.75, 3.05) is 27.4 Å². The Balaban J connectivity index is 0.00000363. The van der Waals surface area contributed by atoms with Crippen LogP contribution in [-0.4, -0.2) is 39.4 Å². The van der Waals surface area contributed by atoms with Crippen molar-refractivity contribution in [3.05, 3.63) is 64.7 Å². The summed E-state index contributed by atoms with van der Waals surface area (Å²) in [4.78, 5) is 4.37. The number of nitrogens with zero attached hydrogens (tertiary/aromatic N) is 1. The molecule has 2 aromatic rings. The third-order valence-corrected chi connectivity index (χ3v) is 5.57. The first-order valence-electron chi connectivity index (χ1n) is 11.0. The molecule has 2 N–H and O–H groups in total. The number of aryl methyl sites for hydroxylation is 1. The number of methoxy groups -OCH3 is 1. The van der Waals surface area contributed by atoms with Gasteiger partial charge in [-0.05, 0) is 43.9 Å². The molecule has 1 fully saturated rings. The summed E-state index contributed by atoms with van der Waals surface area (Å²) in [6.45, 7) is 7.15. The van der Waals surface area contributed by atoms with Gasteiger partial charge in [0.15, 0.2) is 5.96 Å². The number of hydrogen-bond donors (Lipinski definition) is 2. The molecule has 1 unspecified atom stereocenters. The second-order valence-electron chi connectivity index (χ2n) is 7.98. The number of rotatable bonds is 8. The number of nitrogens with one attached hydrogen (secondary N) is 2. The molecule has 0 spiro atoms. The molecule has 1 saturated heterocycles. The van der Waals surface area contributed by atoms with E-state index in [-0.39, 0.29) is 30.0 Å². The average Bonchev–Trinajstić information content (AvgIpc) is 2.81. The Morgan fingerprint density at radius 1 is 1.12 bits per heavy atom. The summed E-state index contributed by atoms with van der Waals surface area (Å²) in [5.74, 6) is 1.63. The molecule has 0 amide bonds. The Hall–Kier alpha value is -1.84. The van der Waals surface area contributed by atoms with Gasteiger partial charge >= 0.3 is 0 Å². The minimum absolute atomic E-state index is 0. The first-order valence-corrected chi connectivity index (χ1v) is 11.0.